The molecule has 0 spiro atoms. The van der Waals surface area contributed by atoms with Gasteiger partial charge in [0, 0.05) is 19.6 Å². The van der Waals surface area contributed by atoms with E-state index in [0.29, 0.717) is 26.1 Å². The van der Waals surface area contributed by atoms with Crippen molar-refractivity contribution < 1.29 is 14.7 Å². The zero-order valence-electron chi connectivity index (χ0n) is 9.98. The molecule has 2 aliphatic rings. The summed E-state index contributed by atoms with van der Waals surface area (Å²) in [5.41, 5.74) is 0. The number of amides is 2. The first-order valence-electron chi connectivity index (χ1n) is 6.05. The number of carbonyl (C=O) groups excluding carboxylic acids is 2. The van der Waals surface area contributed by atoms with Gasteiger partial charge < -0.3 is 15.3 Å². The molecule has 2 amide bonds. The summed E-state index contributed by atoms with van der Waals surface area (Å²) in [6, 6.07) is -0.324. The molecule has 0 radical (unpaired) electrons. The molecule has 3 atom stereocenters. The van der Waals surface area contributed by atoms with E-state index in [0.717, 1.165) is 0 Å². The number of nitrogens with one attached hydrogen (secondary N) is 2. The maximum Gasteiger partial charge on any atom is 0.241 e. The van der Waals surface area contributed by atoms with Crippen LogP contribution >= 0.6 is 0 Å². The average Bonchev–Trinajstić information content (AvgIpc) is 2.33. The number of hydrogen-bond donors (Lipinski definition) is 3. The van der Waals surface area contributed by atoms with Crippen LogP contribution in [0.5, 0.6) is 0 Å². The normalized spacial score (nSPS) is 34.4. The molecule has 6 nitrogen and oxygen atoms in total. The van der Waals surface area contributed by atoms with Gasteiger partial charge in [0.05, 0.1) is 12.6 Å². The van der Waals surface area contributed by atoms with Crippen molar-refractivity contribution in [1.29, 1.82) is 0 Å². The molecule has 96 valence electrons. The molecule has 0 bridgehead atoms. The van der Waals surface area contributed by atoms with Crippen molar-refractivity contribution in [3.8, 4) is 0 Å². The molecule has 0 aliphatic carbocycles. The lowest BCUT2D eigenvalue weighted by Crippen LogP contribution is -2.60. The van der Waals surface area contributed by atoms with Crippen molar-refractivity contribution in [3.05, 3.63) is 0 Å². The van der Waals surface area contributed by atoms with E-state index < -0.39 is 0 Å². The third kappa shape index (κ3) is 2.76. The Morgan fingerprint density at radius 1 is 1.53 bits per heavy atom. The van der Waals surface area contributed by atoms with Gasteiger partial charge in [-0.1, -0.05) is 6.92 Å². The number of aliphatic hydroxyl groups is 1. The zero-order chi connectivity index (χ0) is 12.4. The molecule has 3 N–H and O–H groups in total. The third-order valence-corrected chi connectivity index (χ3v) is 3.48. The van der Waals surface area contributed by atoms with Crippen molar-refractivity contribution in [1.82, 2.24) is 15.5 Å². The van der Waals surface area contributed by atoms with Gasteiger partial charge in [-0.15, -0.1) is 0 Å². The maximum atomic E-state index is 12.1. The molecule has 2 saturated heterocycles. The van der Waals surface area contributed by atoms with Gasteiger partial charge in [0.1, 0.15) is 6.04 Å². The summed E-state index contributed by atoms with van der Waals surface area (Å²) in [5, 5.41) is 15.2. The Balaban J connectivity index is 1.89. The highest BCUT2D eigenvalue weighted by Crippen LogP contribution is 2.17. The molecule has 3 unspecified atom stereocenters. The minimum atomic E-state index is -0.324. The number of piperazine rings is 1. The second-order valence-corrected chi connectivity index (χ2v) is 4.86. The number of hydrogen-bond acceptors (Lipinski definition) is 4. The number of carbonyl (C=O) groups is 2. The molecular formula is C11H19N3O3. The van der Waals surface area contributed by atoms with Crippen molar-refractivity contribution in [2.45, 2.75) is 25.5 Å². The van der Waals surface area contributed by atoms with Crippen LogP contribution in [0.1, 0.15) is 13.3 Å². The van der Waals surface area contributed by atoms with Crippen LogP contribution in [0, 0.1) is 5.92 Å². The minimum absolute atomic E-state index is 0.0174. The van der Waals surface area contributed by atoms with E-state index in [1.165, 1.54) is 0 Å². The van der Waals surface area contributed by atoms with Gasteiger partial charge in [-0.05, 0) is 12.3 Å². The molecule has 0 aromatic rings. The molecule has 2 fully saturated rings. The number of aliphatic hydroxyl groups excluding tert-OH is 1. The van der Waals surface area contributed by atoms with Crippen LogP contribution in [0.3, 0.4) is 0 Å². The van der Waals surface area contributed by atoms with E-state index in [4.69, 9.17) is 0 Å². The number of likely N-dealkylation sites (tertiary alicyclic amines) is 1. The topological polar surface area (TPSA) is 81.7 Å². The number of piperidine rings is 1. The lowest BCUT2D eigenvalue weighted by Gasteiger charge is -2.37. The molecular weight excluding hydrogens is 222 g/mol. The quantitative estimate of drug-likeness (QED) is 0.511. The first kappa shape index (κ1) is 12.3. The Morgan fingerprint density at radius 3 is 2.88 bits per heavy atom. The Kier molecular flexibility index (Phi) is 3.63. The van der Waals surface area contributed by atoms with E-state index in [-0.39, 0.29) is 36.4 Å². The highest BCUT2D eigenvalue weighted by molar-refractivity contribution is 5.86. The van der Waals surface area contributed by atoms with E-state index in [9.17, 15) is 14.7 Å². The molecule has 0 aromatic carbocycles. The fourth-order valence-electron chi connectivity index (χ4n) is 2.29. The molecule has 2 rings (SSSR count). The predicted octanol–water partition coefficient (Wildman–Crippen LogP) is -1.70. The van der Waals surface area contributed by atoms with E-state index in [1.807, 2.05) is 6.92 Å². The highest BCUT2D eigenvalue weighted by Gasteiger charge is 2.32. The van der Waals surface area contributed by atoms with Crippen LogP contribution in [0.15, 0.2) is 0 Å². The summed E-state index contributed by atoms with van der Waals surface area (Å²) in [7, 11) is 0. The molecule has 0 saturated carbocycles. The van der Waals surface area contributed by atoms with Gasteiger partial charge in [-0.25, -0.2) is 0 Å². The molecule has 0 aromatic heterocycles. The number of rotatable bonds is 1. The maximum absolute atomic E-state index is 12.1. The second kappa shape index (κ2) is 5.01. The van der Waals surface area contributed by atoms with E-state index in [1.54, 1.807) is 4.90 Å². The van der Waals surface area contributed by atoms with Crippen LogP contribution < -0.4 is 10.6 Å². The summed E-state index contributed by atoms with van der Waals surface area (Å²) >= 11 is 0. The van der Waals surface area contributed by atoms with Gasteiger partial charge in [-0.3, -0.25) is 14.9 Å². The largest absolute Gasteiger partial charge is 0.393 e. The Bertz CT molecular complexity index is 311. The predicted molar refractivity (Wildman–Crippen MR) is 61.2 cm³/mol. The fraction of sp³-hybridized carbons (Fsp3) is 0.818. The average molecular weight is 241 g/mol. The zero-order valence-corrected chi connectivity index (χ0v) is 9.98. The standard InChI is InChI=1S/C11H19N3O3/c1-7-6-14(3-2-9(7)15)11(17)8-4-13-10(16)5-12-8/h7-9,12,15H,2-6H2,1H3,(H,13,16). The SMILES string of the molecule is CC1CN(C(=O)C2CNC(=O)CN2)CCC1O. The first-order chi connectivity index (χ1) is 8.08. The fourth-order valence-corrected chi connectivity index (χ4v) is 2.29. The smallest absolute Gasteiger partial charge is 0.241 e. The Labute approximate surface area is 100 Å². The lowest BCUT2D eigenvalue weighted by atomic mass is 9.96. The van der Waals surface area contributed by atoms with Crippen LogP contribution in [-0.2, 0) is 9.59 Å². The monoisotopic (exact) mass is 241 g/mol. The molecule has 2 heterocycles. The van der Waals surface area contributed by atoms with Crippen LogP contribution in [-0.4, -0.2) is 60.1 Å². The van der Waals surface area contributed by atoms with Crippen molar-refractivity contribution >= 4 is 11.8 Å². The van der Waals surface area contributed by atoms with Crippen LogP contribution in [0.25, 0.3) is 0 Å². The highest BCUT2D eigenvalue weighted by atomic mass is 16.3. The van der Waals surface area contributed by atoms with Gasteiger partial charge >= 0.3 is 0 Å². The van der Waals surface area contributed by atoms with Crippen molar-refractivity contribution in [2.75, 3.05) is 26.2 Å². The van der Waals surface area contributed by atoms with E-state index in [2.05, 4.69) is 10.6 Å². The first-order valence-corrected chi connectivity index (χ1v) is 6.05. The van der Waals surface area contributed by atoms with Crippen molar-refractivity contribution in [2.24, 2.45) is 5.92 Å². The summed E-state index contributed by atoms with van der Waals surface area (Å²) in [5.74, 6) is 0.0612. The van der Waals surface area contributed by atoms with E-state index >= 15 is 0 Å². The van der Waals surface area contributed by atoms with Gasteiger partial charge in [0.2, 0.25) is 11.8 Å². The summed E-state index contributed by atoms with van der Waals surface area (Å²) < 4.78 is 0. The van der Waals surface area contributed by atoms with Crippen molar-refractivity contribution in [3.63, 3.8) is 0 Å². The van der Waals surface area contributed by atoms with Crippen LogP contribution in [0.4, 0.5) is 0 Å². The van der Waals surface area contributed by atoms with Crippen LogP contribution in [0.2, 0.25) is 0 Å². The Hall–Kier alpha value is -1.14. The minimum Gasteiger partial charge on any atom is -0.393 e. The summed E-state index contributed by atoms with van der Waals surface area (Å²) in [6.07, 6.45) is 0.324. The molecule has 6 heteroatoms. The third-order valence-electron chi connectivity index (χ3n) is 3.48. The van der Waals surface area contributed by atoms with Gasteiger partial charge in [0.15, 0.2) is 0 Å². The second-order valence-electron chi connectivity index (χ2n) is 4.86. The lowest BCUT2D eigenvalue weighted by molar-refractivity contribution is -0.138. The number of nitrogens with zero attached hydrogens (tertiary/aromatic N) is 1. The summed E-state index contributed by atoms with van der Waals surface area (Å²) in [6.45, 7) is 3.68. The van der Waals surface area contributed by atoms with Gasteiger partial charge in [-0.2, -0.15) is 0 Å². The molecule has 2 aliphatic heterocycles. The summed E-state index contributed by atoms with van der Waals surface area (Å²) in [4.78, 5) is 24.9. The Morgan fingerprint density at radius 2 is 2.29 bits per heavy atom. The molecule has 17 heavy (non-hydrogen) atoms. The van der Waals surface area contributed by atoms with Gasteiger partial charge in [0.25, 0.3) is 0 Å².